The van der Waals surface area contributed by atoms with Gasteiger partial charge in [0.15, 0.2) is 5.79 Å². The lowest BCUT2D eigenvalue weighted by atomic mass is 10.1. The van der Waals surface area contributed by atoms with Gasteiger partial charge in [-0.3, -0.25) is 0 Å². The fourth-order valence-electron chi connectivity index (χ4n) is 1.47. The predicted molar refractivity (Wildman–Crippen MR) is 50.3 cm³/mol. The molecule has 0 aromatic carbocycles. The fraction of sp³-hybridized carbons (Fsp3) is 0.800. The molecule has 2 atom stereocenters. The summed E-state index contributed by atoms with van der Waals surface area (Å²) in [6, 6.07) is 0. The van der Waals surface area contributed by atoms with Gasteiger partial charge in [-0.05, 0) is 20.3 Å². The van der Waals surface area contributed by atoms with Crippen LogP contribution < -0.4 is 0 Å². The summed E-state index contributed by atoms with van der Waals surface area (Å²) >= 11 is 0. The molecule has 0 radical (unpaired) electrons. The fourth-order valence-corrected chi connectivity index (χ4v) is 1.47. The number of hydrogen-bond donors (Lipinski definition) is 1. The summed E-state index contributed by atoms with van der Waals surface area (Å²) in [4.78, 5) is 0. The predicted octanol–water partition coefficient (Wildman–Crippen LogP) is 1.46. The highest BCUT2D eigenvalue weighted by Crippen LogP contribution is 2.25. The van der Waals surface area contributed by atoms with E-state index in [1.165, 1.54) is 0 Å². The summed E-state index contributed by atoms with van der Waals surface area (Å²) < 4.78 is 10.9. The van der Waals surface area contributed by atoms with Crippen molar-refractivity contribution in [2.75, 3.05) is 6.61 Å². The molecule has 3 heteroatoms. The van der Waals surface area contributed by atoms with Crippen LogP contribution in [0.3, 0.4) is 0 Å². The Balaban J connectivity index is 2.27. The molecule has 0 amide bonds. The van der Waals surface area contributed by atoms with Gasteiger partial charge in [-0.25, -0.2) is 0 Å². The van der Waals surface area contributed by atoms with Gasteiger partial charge in [-0.15, -0.1) is 6.58 Å². The third-order valence-electron chi connectivity index (χ3n) is 2.04. The maximum Gasteiger partial charge on any atom is 0.163 e. The lowest BCUT2D eigenvalue weighted by molar-refractivity contribution is -0.141. The molecule has 0 aliphatic carbocycles. The summed E-state index contributed by atoms with van der Waals surface area (Å²) in [7, 11) is 0. The minimum Gasteiger partial charge on any atom is -0.393 e. The Hall–Kier alpha value is -0.380. The van der Waals surface area contributed by atoms with Crippen LogP contribution in [0.5, 0.6) is 0 Å². The van der Waals surface area contributed by atoms with Crippen molar-refractivity contribution in [3.8, 4) is 0 Å². The van der Waals surface area contributed by atoms with E-state index in [-0.39, 0.29) is 12.2 Å². The minimum absolute atomic E-state index is 0.0185. The first-order chi connectivity index (χ1) is 6.03. The van der Waals surface area contributed by atoms with Crippen LogP contribution in [0, 0.1) is 0 Å². The molecule has 0 aromatic heterocycles. The van der Waals surface area contributed by atoms with Crippen LogP contribution >= 0.6 is 0 Å². The van der Waals surface area contributed by atoms with E-state index in [0.29, 0.717) is 19.4 Å². The van der Waals surface area contributed by atoms with Crippen LogP contribution in [-0.4, -0.2) is 29.7 Å². The molecule has 0 saturated carbocycles. The minimum atomic E-state index is -0.488. The third kappa shape index (κ3) is 3.46. The Morgan fingerprint density at radius 3 is 2.85 bits per heavy atom. The molecule has 0 unspecified atom stereocenters. The van der Waals surface area contributed by atoms with E-state index >= 15 is 0 Å². The second-order valence-corrected chi connectivity index (χ2v) is 3.86. The highest BCUT2D eigenvalue weighted by Gasteiger charge is 2.33. The number of rotatable bonds is 4. The molecule has 0 spiro atoms. The van der Waals surface area contributed by atoms with Crippen LogP contribution in [0.25, 0.3) is 0 Å². The molecule has 76 valence electrons. The second kappa shape index (κ2) is 4.22. The molecule has 1 rings (SSSR count). The van der Waals surface area contributed by atoms with E-state index < -0.39 is 5.79 Å². The standard InChI is InChI=1S/C10H18O3/c1-4-5-8(11)6-9-7-12-10(2,3)13-9/h4,8-9,11H,1,5-7H2,2-3H3/t8-,9-/m1/s1. The molecule has 1 aliphatic heterocycles. The molecule has 1 N–H and O–H groups in total. The van der Waals surface area contributed by atoms with Crippen LogP contribution in [-0.2, 0) is 9.47 Å². The Morgan fingerprint density at radius 2 is 2.38 bits per heavy atom. The van der Waals surface area contributed by atoms with Crippen LogP contribution in [0.15, 0.2) is 12.7 Å². The van der Waals surface area contributed by atoms with E-state index in [4.69, 9.17) is 9.47 Å². The van der Waals surface area contributed by atoms with Crippen molar-refractivity contribution in [3.05, 3.63) is 12.7 Å². The van der Waals surface area contributed by atoms with E-state index in [1.807, 2.05) is 13.8 Å². The molecular formula is C10H18O3. The van der Waals surface area contributed by atoms with Crippen molar-refractivity contribution >= 4 is 0 Å². The largest absolute Gasteiger partial charge is 0.393 e. The van der Waals surface area contributed by atoms with Crippen molar-refractivity contribution in [1.82, 2.24) is 0 Å². The van der Waals surface area contributed by atoms with Gasteiger partial charge in [0.1, 0.15) is 0 Å². The van der Waals surface area contributed by atoms with Crippen molar-refractivity contribution < 1.29 is 14.6 Å². The summed E-state index contributed by atoms with van der Waals surface area (Å²) in [6.45, 7) is 7.91. The van der Waals surface area contributed by atoms with Gasteiger partial charge in [-0.2, -0.15) is 0 Å². The van der Waals surface area contributed by atoms with Gasteiger partial charge < -0.3 is 14.6 Å². The van der Waals surface area contributed by atoms with Gasteiger partial charge in [0.25, 0.3) is 0 Å². The van der Waals surface area contributed by atoms with Gasteiger partial charge in [0, 0.05) is 6.42 Å². The smallest absolute Gasteiger partial charge is 0.163 e. The average molecular weight is 186 g/mol. The van der Waals surface area contributed by atoms with Crippen molar-refractivity contribution in [2.45, 2.75) is 44.7 Å². The van der Waals surface area contributed by atoms with E-state index in [9.17, 15) is 5.11 Å². The number of aliphatic hydroxyl groups is 1. The van der Waals surface area contributed by atoms with E-state index in [0.717, 1.165) is 0 Å². The van der Waals surface area contributed by atoms with Crippen molar-refractivity contribution in [3.63, 3.8) is 0 Å². The molecule has 1 fully saturated rings. The zero-order chi connectivity index (χ0) is 9.90. The third-order valence-corrected chi connectivity index (χ3v) is 2.04. The van der Waals surface area contributed by atoms with Gasteiger partial charge >= 0.3 is 0 Å². The normalized spacial score (nSPS) is 28.7. The van der Waals surface area contributed by atoms with Gasteiger partial charge in [0.2, 0.25) is 0 Å². The first kappa shape index (κ1) is 10.7. The number of ether oxygens (including phenoxy) is 2. The molecule has 1 heterocycles. The van der Waals surface area contributed by atoms with Crippen LogP contribution in [0.4, 0.5) is 0 Å². The molecule has 1 aliphatic rings. The first-order valence-corrected chi connectivity index (χ1v) is 4.64. The zero-order valence-corrected chi connectivity index (χ0v) is 8.32. The summed E-state index contributed by atoms with van der Waals surface area (Å²) in [5, 5.41) is 9.47. The topological polar surface area (TPSA) is 38.7 Å². The Morgan fingerprint density at radius 1 is 1.69 bits per heavy atom. The highest BCUT2D eigenvalue weighted by molar-refractivity contribution is 4.78. The van der Waals surface area contributed by atoms with Crippen molar-refractivity contribution in [2.24, 2.45) is 0 Å². The number of aliphatic hydroxyl groups excluding tert-OH is 1. The molecule has 3 nitrogen and oxygen atoms in total. The molecule has 0 bridgehead atoms. The molecule has 1 saturated heterocycles. The monoisotopic (exact) mass is 186 g/mol. The zero-order valence-electron chi connectivity index (χ0n) is 8.32. The summed E-state index contributed by atoms with van der Waals surface area (Å²) in [6.07, 6.45) is 2.60. The lowest BCUT2D eigenvalue weighted by Crippen LogP contribution is -2.24. The van der Waals surface area contributed by atoms with Crippen LogP contribution in [0.2, 0.25) is 0 Å². The average Bonchev–Trinajstić information content (AvgIpc) is 2.30. The summed E-state index contributed by atoms with van der Waals surface area (Å²) in [5.74, 6) is -0.488. The first-order valence-electron chi connectivity index (χ1n) is 4.64. The lowest BCUT2D eigenvalue weighted by Gasteiger charge is -2.18. The highest BCUT2D eigenvalue weighted by atomic mass is 16.7. The summed E-state index contributed by atoms with van der Waals surface area (Å²) in [5.41, 5.74) is 0. The van der Waals surface area contributed by atoms with E-state index in [2.05, 4.69) is 6.58 Å². The maximum absolute atomic E-state index is 9.47. The Bertz CT molecular complexity index is 177. The SMILES string of the molecule is C=CC[C@@H](O)C[C@@H]1COC(C)(C)O1. The molecule has 0 aromatic rings. The second-order valence-electron chi connectivity index (χ2n) is 3.86. The molecule has 13 heavy (non-hydrogen) atoms. The maximum atomic E-state index is 9.47. The van der Waals surface area contributed by atoms with Gasteiger partial charge in [-0.1, -0.05) is 6.08 Å². The van der Waals surface area contributed by atoms with Crippen LogP contribution in [0.1, 0.15) is 26.7 Å². The van der Waals surface area contributed by atoms with Gasteiger partial charge in [0.05, 0.1) is 18.8 Å². The molecular weight excluding hydrogens is 168 g/mol. The Labute approximate surface area is 79.3 Å². The number of hydrogen-bond acceptors (Lipinski definition) is 3. The van der Waals surface area contributed by atoms with E-state index in [1.54, 1.807) is 6.08 Å². The Kier molecular flexibility index (Phi) is 3.47. The van der Waals surface area contributed by atoms with Crippen molar-refractivity contribution in [1.29, 1.82) is 0 Å². The quantitative estimate of drug-likeness (QED) is 0.676.